The number of aliphatic hydroxyl groups is 2. The number of hydrogen-bond donors (Lipinski definition) is 2. The molecule has 2 saturated carbocycles. The normalized spacial score (nSPS) is 33.3. The highest BCUT2D eigenvalue weighted by Gasteiger charge is 2.64. The number of alkyl halides is 3. The first kappa shape index (κ1) is 17.8. The lowest BCUT2D eigenvalue weighted by Gasteiger charge is -2.48. The van der Waals surface area contributed by atoms with Crippen LogP contribution in [0.1, 0.15) is 30.1 Å². The number of aliphatic hydroxyl groups excluding tert-OH is 2. The first-order chi connectivity index (χ1) is 12.3. The molecule has 5 atom stereocenters. The SMILES string of the molecule is OC(C#CC1C(O)CC2C1CC21OCCO1)c1cccc(C(F)(F)F)c1. The number of benzene rings is 1. The van der Waals surface area contributed by atoms with Gasteiger partial charge in [-0.15, -0.1) is 0 Å². The van der Waals surface area contributed by atoms with Crippen molar-refractivity contribution in [1.82, 2.24) is 0 Å². The van der Waals surface area contributed by atoms with Crippen LogP contribution in [-0.2, 0) is 15.7 Å². The number of halogens is 3. The van der Waals surface area contributed by atoms with E-state index in [1.54, 1.807) is 0 Å². The second-order valence-electron chi connectivity index (χ2n) is 7.13. The third kappa shape index (κ3) is 2.91. The highest BCUT2D eigenvalue weighted by Crippen LogP contribution is 2.59. The number of ether oxygens (including phenoxy) is 2. The Morgan fingerprint density at radius 2 is 1.96 bits per heavy atom. The van der Waals surface area contributed by atoms with Crippen LogP contribution in [0, 0.1) is 29.6 Å². The van der Waals surface area contributed by atoms with Crippen molar-refractivity contribution in [3.8, 4) is 11.8 Å². The largest absolute Gasteiger partial charge is 0.416 e. The summed E-state index contributed by atoms with van der Waals surface area (Å²) in [6.45, 7) is 1.09. The summed E-state index contributed by atoms with van der Waals surface area (Å²) in [4.78, 5) is 0. The molecule has 1 heterocycles. The highest BCUT2D eigenvalue weighted by molar-refractivity contribution is 5.32. The van der Waals surface area contributed by atoms with Crippen LogP contribution in [0.3, 0.4) is 0 Å². The molecule has 4 rings (SSSR count). The van der Waals surface area contributed by atoms with E-state index in [0.717, 1.165) is 12.1 Å². The van der Waals surface area contributed by atoms with Gasteiger partial charge in [-0.2, -0.15) is 13.2 Å². The molecule has 26 heavy (non-hydrogen) atoms. The standard InChI is InChI=1S/C19H19F3O4/c20-19(21,22)12-3-1-2-11(8-12)16(23)5-4-13-14-10-18(25-6-7-26-18)15(14)9-17(13)24/h1-3,8,13-17,23-24H,6-7,9-10H2. The molecular weight excluding hydrogens is 349 g/mol. The van der Waals surface area contributed by atoms with Crippen molar-refractivity contribution in [1.29, 1.82) is 0 Å². The van der Waals surface area contributed by atoms with Gasteiger partial charge in [0, 0.05) is 18.3 Å². The fourth-order valence-electron chi connectivity index (χ4n) is 4.36. The van der Waals surface area contributed by atoms with Crippen LogP contribution >= 0.6 is 0 Å². The van der Waals surface area contributed by atoms with Gasteiger partial charge in [0.2, 0.25) is 0 Å². The van der Waals surface area contributed by atoms with Crippen molar-refractivity contribution >= 4 is 0 Å². The van der Waals surface area contributed by atoms with E-state index in [1.165, 1.54) is 12.1 Å². The van der Waals surface area contributed by atoms with E-state index in [4.69, 9.17) is 9.47 Å². The maximum absolute atomic E-state index is 12.8. The number of hydrogen-bond acceptors (Lipinski definition) is 4. The van der Waals surface area contributed by atoms with Crippen LogP contribution in [0.25, 0.3) is 0 Å². The summed E-state index contributed by atoms with van der Waals surface area (Å²) in [5, 5.41) is 20.5. The van der Waals surface area contributed by atoms with Crippen molar-refractivity contribution in [2.45, 2.75) is 37.0 Å². The van der Waals surface area contributed by atoms with Gasteiger partial charge in [-0.05, 0) is 30.0 Å². The summed E-state index contributed by atoms with van der Waals surface area (Å²) < 4.78 is 49.7. The van der Waals surface area contributed by atoms with Gasteiger partial charge in [0.25, 0.3) is 0 Å². The molecule has 1 aliphatic heterocycles. The second kappa shape index (κ2) is 6.24. The van der Waals surface area contributed by atoms with E-state index in [0.29, 0.717) is 26.1 Å². The maximum atomic E-state index is 12.8. The monoisotopic (exact) mass is 368 g/mol. The third-order valence-corrected chi connectivity index (χ3v) is 5.67. The lowest BCUT2D eigenvalue weighted by atomic mass is 9.67. The number of fused-ring (bicyclic) bond motifs is 2. The smallest absolute Gasteiger partial charge is 0.392 e. The Morgan fingerprint density at radius 3 is 2.65 bits per heavy atom. The van der Waals surface area contributed by atoms with Crippen LogP contribution in [-0.4, -0.2) is 35.3 Å². The second-order valence-corrected chi connectivity index (χ2v) is 7.13. The maximum Gasteiger partial charge on any atom is 0.416 e. The lowest BCUT2D eigenvalue weighted by molar-refractivity contribution is -0.270. The Balaban J connectivity index is 1.48. The molecule has 1 spiro atoms. The molecule has 5 unspecified atom stereocenters. The molecule has 2 aliphatic carbocycles. The Labute approximate surface area is 148 Å². The van der Waals surface area contributed by atoms with Gasteiger partial charge < -0.3 is 19.7 Å². The van der Waals surface area contributed by atoms with Gasteiger partial charge in [0.15, 0.2) is 5.79 Å². The summed E-state index contributed by atoms with van der Waals surface area (Å²) in [7, 11) is 0. The third-order valence-electron chi connectivity index (χ3n) is 5.67. The Kier molecular flexibility index (Phi) is 4.27. The predicted octanol–water partition coefficient (Wildman–Crippen LogP) is 2.50. The van der Waals surface area contributed by atoms with Crippen LogP contribution in [0.15, 0.2) is 24.3 Å². The van der Waals surface area contributed by atoms with Gasteiger partial charge in [-0.3, -0.25) is 0 Å². The van der Waals surface area contributed by atoms with Gasteiger partial charge in [0.05, 0.1) is 24.9 Å². The molecule has 140 valence electrons. The minimum Gasteiger partial charge on any atom is -0.392 e. The molecule has 7 heteroatoms. The average molecular weight is 368 g/mol. The molecular formula is C19H19F3O4. The van der Waals surface area contributed by atoms with Crippen molar-refractivity contribution in [3.63, 3.8) is 0 Å². The summed E-state index contributed by atoms with van der Waals surface area (Å²) in [6, 6.07) is 4.49. The average Bonchev–Trinajstić information content (AvgIpc) is 3.18. The summed E-state index contributed by atoms with van der Waals surface area (Å²) in [5.41, 5.74) is -0.739. The topological polar surface area (TPSA) is 58.9 Å². The Bertz CT molecular complexity index is 745. The van der Waals surface area contributed by atoms with Gasteiger partial charge >= 0.3 is 6.18 Å². The molecule has 0 bridgehead atoms. The van der Waals surface area contributed by atoms with E-state index in [2.05, 4.69) is 11.8 Å². The van der Waals surface area contributed by atoms with Crippen LogP contribution in [0.2, 0.25) is 0 Å². The lowest BCUT2D eigenvalue weighted by Crippen LogP contribution is -2.53. The van der Waals surface area contributed by atoms with Crippen LogP contribution in [0.4, 0.5) is 13.2 Å². The van der Waals surface area contributed by atoms with Crippen LogP contribution < -0.4 is 0 Å². The molecule has 3 aliphatic rings. The highest BCUT2D eigenvalue weighted by atomic mass is 19.4. The van der Waals surface area contributed by atoms with E-state index < -0.39 is 29.7 Å². The minimum absolute atomic E-state index is 0.0741. The van der Waals surface area contributed by atoms with Crippen LogP contribution in [0.5, 0.6) is 0 Å². The fourth-order valence-corrected chi connectivity index (χ4v) is 4.36. The van der Waals surface area contributed by atoms with Gasteiger partial charge in [-0.1, -0.05) is 24.0 Å². The van der Waals surface area contributed by atoms with Crippen molar-refractivity contribution < 1.29 is 32.9 Å². The minimum atomic E-state index is -4.47. The zero-order valence-corrected chi connectivity index (χ0v) is 13.9. The summed E-state index contributed by atoms with van der Waals surface area (Å²) in [5.74, 6) is 4.75. The Hall–Kier alpha value is -1.59. The van der Waals surface area contributed by atoms with E-state index in [-0.39, 0.29) is 23.3 Å². The molecule has 1 aromatic carbocycles. The van der Waals surface area contributed by atoms with Gasteiger partial charge in [-0.25, -0.2) is 0 Å². The van der Waals surface area contributed by atoms with Gasteiger partial charge in [0.1, 0.15) is 6.10 Å². The van der Waals surface area contributed by atoms with Crippen molar-refractivity contribution in [3.05, 3.63) is 35.4 Å². The van der Waals surface area contributed by atoms with Crippen molar-refractivity contribution in [2.75, 3.05) is 13.2 Å². The summed E-state index contributed by atoms with van der Waals surface area (Å²) >= 11 is 0. The van der Waals surface area contributed by atoms with E-state index in [9.17, 15) is 23.4 Å². The first-order valence-corrected chi connectivity index (χ1v) is 8.62. The molecule has 1 saturated heterocycles. The zero-order chi connectivity index (χ0) is 18.5. The molecule has 0 amide bonds. The number of rotatable bonds is 1. The summed E-state index contributed by atoms with van der Waals surface area (Å²) in [6.07, 6.45) is -5.30. The molecule has 3 fully saturated rings. The van der Waals surface area contributed by atoms with E-state index >= 15 is 0 Å². The molecule has 1 aromatic rings. The molecule has 4 nitrogen and oxygen atoms in total. The quantitative estimate of drug-likeness (QED) is 0.748. The Morgan fingerprint density at radius 1 is 1.23 bits per heavy atom. The first-order valence-electron chi connectivity index (χ1n) is 8.62. The molecule has 0 aromatic heterocycles. The predicted molar refractivity (Wildman–Crippen MR) is 84.5 cm³/mol. The molecule has 2 N–H and O–H groups in total. The van der Waals surface area contributed by atoms with E-state index in [1.807, 2.05) is 0 Å². The van der Waals surface area contributed by atoms with Crippen molar-refractivity contribution in [2.24, 2.45) is 17.8 Å². The fraction of sp³-hybridized carbons (Fsp3) is 0.579. The molecule has 0 radical (unpaired) electrons. The zero-order valence-electron chi connectivity index (χ0n) is 13.9.